The molecular weight excluding hydrogens is 304 g/mol. The molecule has 6 heteroatoms. The summed E-state index contributed by atoms with van der Waals surface area (Å²) in [6, 6.07) is 0. The van der Waals surface area contributed by atoms with Gasteiger partial charge in [-0.25, -0.2) is 0 Å². The third-order valence-electron chi connectivity index (χ3n) is 4.67. The van der Waals surface area contributed by atoms with Crippen LogP contribution in [-0.4, -0.2) is 99.7 Å². The van der Waals surface area contributed by atoms with Gasteiger partial charge >= 0.3 is 0 Å². The maximum Gasteiger partial charge on any atom is 0.243 e. The van der Waals surface area contributed by atoms with Gasteiger partial charge in [0.2, 0.25) is 11.8 Å². The van der Waals surface area contributed by atoms with Gasteiger partial charge in [-0.3, -0.25) is 9.59 Å². The van der Waals surface area contributed by atoms with Crippen LogP contribution in [0.5, 0.6) is 0 Å². The zero-order valence-corrected chi connectivity index (χ0v) is 16.6. The molecule has 0 spiro atoms. The molecule has 0 aliphatic heterocycles. The Bertz CT molecular complexity index is 419. The van der Waals surface area contributed by atoms with E-state index in [2.05, 4.69) is 47.0 Å². The third-order valence-corrected chi connectivity index (χ3v) is 4.67. The highest BCUT2D eigenvalue weighted by Crippen LogP contribution is 2.03. The first kappa shape index (κ1) is 22.6. The van der Waals surface area contributed by atoms with E-state index in [1.165, 1.54) is 6.08 Å². The number of nitrogens with one attached hydrogen (secondary N) is 1. The quantitative estimate of drug-likeness (QED) is 0.419. The van der Waals surface area contributed by atoms with E-state index in [-0.39, 0.29) is 11.8 Å². The summed E-state index contributed by atoms with van der Waals surface area (Å²) in [5.41, 5.74) is 0. The molecule has 0 bridgehead atoms. The average Bonchev–Trinajstić information content (AvgIpc) is 2.49. The van der Waals surface area contributed by atoms with Crippen molar-refractivity contribution in [3.63, 3.8) is 0 Å². The topological polar surface area (TPSA) is 49.4 Å². The van der Waals surface area contributed by atoms with Crippen molar-refractivity contribution in [2.24, 2.45) is 0 Å². The number of rotatable bonds is 12. The van der Waals surface area contributed by atoms with Crippen LogP contribution in [0.3, 0.4) is 0 Å². The van der Waals surface area contributed by atoms with Crippen LogP contribution in [0.1, 0.15) is 20.3 Å². The number of quaternary nitrogens is 2. The van der Waals surface area contributed by atoms with Crippen molar-refractivity contribution >= 4 is 11.8 Å². The van der Waals surface area contributed by atoms with Gasteiger partial charge in [0.1, 0.15) is 0 Å². The smallest absolute Gasteiger partial charge is 0.243 e. The number of carbonyl (C=O) groups excluding carboxylic acids is 2. The number of carbonyl (C=O) groups is 2. The second-order valence-electron chi connectivity index (χ2n) is 7.71. The standard InChI is InChI=1S/C18H37N4O2/c1-8-18(24)19-11-15-22(6,7)16-13-20(17(3)23)12-10-14-21(4,5)9-2/h8H,1,9-16H2,2-7H3/q+1/p+1. The monoisotopic (exact) mass is 342 g/mol. The Hall–Kier alpha value is -1.40. The Kier molecular flexibility index (Phi) is 9.85. The lowest BCUT2D eigenvalue weighted by Gasteiger charge is -2.33. The van der Waals surface area contributed by atoms with Crippen LogP contribution in [0.2, 0.25) is 0 Å². The van der Waals surface area contributed by atoms with Crippen LogP contribution in [0, 0.1) is 0 Å². The van der Waals surface area contributed by atoms with Crippen molar-refractivity contribution in [2.45, 2.75) is 20.3 Å². The van der Waals surface area contributed by atoms with Gasteiger partial charge in [0.15, 0.2) is 0 Å². The maximum atomic E-state index is 11.9. The minimum Gasteiger partial charge on any atom is -0.347 e. The average molecular weight is 343 g/mol. The largest absolute Gasteiger partial charge is 0.347 e. The summed E-state index contributed by atoms with van der Waals surface area (Å²) >= 11 is 0. The molecule has 0 aromatic rings. The van der Waals surface area contributed by atoms with E-state index in [9.17, 15) is 9.59 Å². The van der Waals surface area contributed by atoms with E-state index >= 15 is 0 Å². The molecule has 24 heavy (non-hydrogen) atoms. The van der Waals surface area contributed by atoms with Crippen LogP contribution in [0.25, 0.3) is 0 Å². The number of likely N-dealkylation sites (N-methyl/N-ethyl adjacent to an activating group) is 1. The third kappa shape index (κ3) is 10.4. The summed E-state index contributed by atoms with van der Waals surface area (Å²) < 4.78 is 1.74. The first-order valence-electron chi connectivity index (χ1n) is 8.83. The second-order valence-corrected chi connectivity index (χ2v) is 7.71. The van der Waals surface area contributed by atoms with Gasteiger partial charge in [0.05, 0.1) is 67.5 Å². The molecule has 2 amide bonds. The number of amides is 2. The minimum atomic E-state index is -0.142. The molecule has 0 saturated carbocycles. The van der Waals surface area contributed by atoms with Crippen molar-refractivity contribution in [2.75, 3.05) is 74.0 Å². The van der Waals surface area contributed by atoms with Crippen molar-refractivity contribution < 1.29 is 18.6 Å². The SMILES string of the molecule is C=CC(=O)NCC[N+](C)(C)CCN(CCC[N+](C)(C)CC)C(C)=O. The number of hydrogen-bond acceptors (Lipinski definition) is 2. The zero-order valence-electron chi connectivity index (χ0n) is 16.6. The summed E-state index contributed by atoms with van der Waals surface area (Å²) in [6.45, 7) is 13.3. The fraction of sp³-hybridized carbons (Fsp3) is 0.778. The van der Waals surface area contributed by atoms with Gasteiger partial charge in [-0.15, -0.1) is 0 Å². The highest BCUT2D eigenvalue weighted by Gasteiger charge is 2.19. The lowest BCUT2D eigenvalue weighted by molar-refractivity contribution is -0.889. The molecule has 0 heterocycles. The molecule has 0 rings (SSSR count). The van der Waals surface area contributed by atoms with E-state index in [1.807, 2.05) is 4.90 Å². The normalized spacial score (nSPS) is 11.9. The van der Waals surface area contributed by atoms with E-state index in [0.717, 1.165) is 54.7 Å². The molecule has 140 valence electrons. The molecule has 0 aliphatic carbocycles. The van der Waals surface area contributed by atoms with Crippen molar-refractivity contribution in [1.82, 2.24) is 10.2 Å². The fourth-order valence-corrected chi connectivity index (χ4v) is 2.33. The van der Waals surface area contributed by atoms with E-state index in [1.54, 1.807) is 6.92 Å². The summed E-state index contributed by atoms with van der Waals surface area (Å²) in [4.78, 5) is 25.0. The van der Waals surface area contributed by atoms with E-state index in [0.29, 0.717) is 6.54 Å². The molecule has 1 N–H and O–H groups in total. The van der Waals surface area contributed by atoms with Crippen molar-refractivity contribution in [3.05, 3.63) is 12.7 Å². The Labute approximate surface area is 148 Å². The first-order chi connectivity index (χ1) is 11.0. The summed E-state index contributed by atoms with van der Waals surface area (Å²) in [7, 11) is 8.68. The predicted molar refractivity (Wildman–Crippen MR) is 99.4 cm³/mol. The second kappa shape index (κ2) is 10.5. The summed E-state index contributed by atoms with van der Waals surface area (Å²) in [5, 5.41) is 2.80. The van der Waals surface area contributed by atoms with Gasteiger partial charge < -0.3 is 19.2 Å². The van der Waals surface area contributed by atoms with E-state index < -0.39 is 0 Å². The number of hydrogen-bond donors (Lipinski definition) is 1. The summed E-state index contributed by atoms with van der Waals surface area (Å²) in [6.07, 6.45) is 2.30. The van der Waals surface area contributed by atoms with Crippen molar-refractivity contribution in [1.29, 1.82) is 0 Å². The molecule has 6 nitrogen and oxygen atoms in total. The first-order valence-corrected chi connectivity index (χ1v) is 8.83. The predicted octanol–water partition coefficient (Wildman–Crippen LogP) is 0.700. The Morgan fingerprint density at radius 3 is 2.17 bits per heavy atom. The van der Waals surface area contributed by atoms with Gasteiger partial charge in [-0.1, -0.05) is 6.58 Å². The van der Waals surface area contributed by atoms with Crippen LogP contribution < -0.4 is 5.32 Å². The molecule has 0 radical (unpaired) electrons. The molecule has 0 aromatic heterocycles. The summed E-state index contributed by atoms with van der Waals surface area (Å²) in [5.74, 6) is -0.00575. The molecular formula is C18H38N4O2+2. The van der Waals surface area contributed by atoms with Gasteiger partial charge in [-0.2, -0.15) is 0 Å². The van der Waals surface area contributed by atoms with Gasteiger partial charge in [0, 0.05) is 19.9 Å². The Balaban J connectivity index is 4.29. The molecule has 0 unspecified atom stereocenters. The fourth-order valence-electron chi connectivity index (χ4n) is 2.33. The van der Waals surface area contributed by atoms with Crippen molar-refractivity contribution in [3.8, 4) is 0 Å². The zero-order chi connectivity index (χ0) is 18.8. The lowest BCUT2D eigenvalue weighted by atomic mass is 10.3. The van der Waals surface area contributed by atoms with Crippen LogP contribution in [0.15, 0.2) is 12.7 Å². The Morgan fingerprint density at radius 1 is 1.04 bits per heavy atom. The van der Waals surface area contributed by atoms with Gasteiger partial charge in [0.25, 0.3) is 0 Å². The Morgan fingerprint density at radius 2 is 1.67 bits per heavy atom. The van der Waals surface area contributed by atoms with Crippen LogP contribution in [-0.2, 0) is 9.59 Å². The van der Waals surface area contributed by atoms with Gasteiger partial charge in [-0.05, 0) is 13.0 Å². The molecule has 0 atom stereocenters. The van der Waals surface area contributed by atoms with E-state index in [4.69, 9.17) is 0 Å². The minimum absolute atomic E-state index is 0.136. The highest BCUT2D eigenvalue weighted by molar-refractivity contribution is 5.86. The van der Waals surface area contributed by atoms with Crippen LogP contribution >= 0.6 is 0 Å². The molecule has 0 aliphatic rings. The molecule has 0 aromatic carbocycles. The highest BCUT2D eigenvalue weighted by atomic mass is 16.2. The number of nitrogens with zero attached hydrogens (tertiary/aromatic N) is 3. The maximum absolute atomic E-state index is 11.9. The molecule has 0 saturated heterocycles. The lowest BCUT2D eigenvalue weighted by Crippen LogP contribution is -2.50. The molecule has 0 fully saturated rings. The van der Waals surface area contributed by atoms with Crippen LogP contribution in [0.4, 0.5) is 0 Å².